The molecule has 3 heteroatoms. The van der Waals surface area contributed by atoms with Crippen molar-refractivity contribution in [2.45, 2.75) is 20.3 Å². The van der Waals surface area contributed by atoms with E-state index in [-0.39, 0.29) is 0 Å². The van der Waals surface area contributed by atoms with E-state index in [1.807, 2.05) is 41.8 Å². The molecule has 0 N–H and O–H groups in total. The van der Waals surface area contributed by atoms with Crippen LogP contribution in [0.1, 0.15) is 29.9 Å². The second-order valence-electron chi connectivity index (χ2n) is 5.20. The lowest BCUT2D eigenvalue weighted by atomic mass is 10.1. The van der Waals surface area contributed by atoms with Crippen LogP contribution in [0.5, 0.6) is 5.75 Å². The average Bonchev–Trinajstić information content (AvgIpc) is 2.93. The first-order valence-electron chi connectivity index (χ1n) is 7.59. The predicted molar refractivity (Wildman–Crippen MR) is 88.8 cm³/mol. The third-order valence-corrected chi connectivity index (χ3v) is 3.87. The summed E-state index contributed by atoms with van der Waals surface area (Å²) >= 11 is 0. The molecule has 0 spiro atoms. The van der Waals surface area contributed by atoms with Gasteiger partial charge in [-0.2, -0.15) is 0 Å². The normalized spacial score (nSPS) is 10.8. The first-order chi connectivity index (χ1) is 10.8. The van der Waals surface area contributed by atoms with Crippen molar-refractivity contribution < 1.29 is 9.53 Å². The molecule has 112 valence electrons. The number of rotatable bonds is 5. The van der Waals surface area contributed by atoms with Crippen molar-refractivity contribution in [2.75, 3.05) is 6.61 Å². The number of pyridine rings is 1. The minimum atomic E-state index is 0.648. The summed E-state index contributed by atoms with van der Waals surface area (Å²) in [6, 6.07) is 14.1. The zero-order valence-corrected chi connectivity index (χ0v) is 12.9. The van der Waals surface area contributed by atoms with Crippen molar-refractivity contribution in [3.8, 4) is 16.9 Å². The van der Waals surface area contributed by atoms with Gasteiger partial charge in [0.2, 0.25) is 0 Å². The van der Waals surface area contributed by atoms with Gasteiger partial charge in [0.25, 0.3) is 0 Å². The molecule has 0 aliphatic heterocycles. The predicted octanol–water partition coefficient (Wildman–Crippen LogP) is 4.38. The molecule has 0 atom stereocenters. The number of aryl methyl sites for hydroxylation is 1. The largest absolute Gasteiger partial charge is 0.494 e. The molecule has 3 nitrogen and oxygen atoms in total. The maximum Gasteiger partial charge on any atom is 0.167 e. The lowest BCUT2D eigenvalue weighted by Crippen LogP contribution is -1.94. The molecule has 0 bridgehead atoms. The van der Waals surface area contributed by atoms with Crippen LogP contribution in [0.15, 0.2) is 48.7 Å². The van der Waals surface area contributed by atoms with Crippen molar-refractivity contribution in [1.29, 1.82) is 0 Å². The van der Waals surface area contributed by atoms with Crippen LogP contribution in [-0.2, 0) is 6.42 Å². The molecule has 0 aliphatic carbocycles. The Morgan fingerprint density at radius 1 is 1.09 bits per heavy atom. The lowest BCUT2D eigenvalue weighted by Gasteiger charge is -2.05. The second kappa shape index (κ2) is 6.06. The molecule has 0 saturated carbocycles. The summed E-state index contributed by atoms with van der Waals surface area (Å²) < 4.78 is 7.44. The lowest BCUT2D eigenvalue weighted by molar-refractivity contribution is 0.111. The fourth-order valence-corrected chi connectivity index (χ4v) is 2.69. The molecule has 0 aliphatic rings. The number of carbonyl (C=O) groups excluding carboxylic acids is 1. The van der Waals surface area contributed by atoms with E-state index >= 15 is 0 Å². The van der Waals surface area contributed by atoms with E-state index in [0.717, 1.165) is 35.1 Å². The summed E-state index contributed by atoms with van der Waals surface area (Å²) in [6.45, 7) is 4.72. The van der Waals surface area contributed by atoms with E-state index in [1.165, 1.54) is 5.56 Å². The van der Waals surface area contributed by atoms with Gasteiger partial charge in [0, 0.05) is 17.3 Å². The number of nitrogens with zero attached hydrogens (tertiary/aromatic N) is 1. The Bertz CT molecular complexity index is 800. The molecule has 1 aromatic carbocycles. The summed E-state index contributed by atoms with van der Waals surface area (Å²) in [5.41, 5.74) is 4.90. The zero-order chi connectivity index (χ0) is 15.5. The zero-order valence-electron chi connectivity index (χ0n) is 12.9. The van der Waals surface area contributed by atoms with Gasteiger partial charge in [-0.3, -0.25) is 4.79 Å². The molecule has 2 aromatic heterocycles. The van der Waals surface area contributed by atoms with Crippen LogP contribution in [0, 0.1) is 0 Å². The highest BCUT2D eigenvalue weighted by Crippen LogP contribution is 2.28. The van der Waals surface area contributed by atoms with E-state index in [9.17, 15) is 4.79 Å². The van der Waals surface area contributed by atoms with Crippen molar-refractivity contribution in [3.05, 3.63) is 59.9 Å². The van der Waals surface area contributed by atoms with E-state index in [2.05, 4.69) is 25.1 Å². The Morgan fingerprint density at radius 3 is 2.50 bits per heavy atom. The van der Waals surface area contributed by atoms with Crippen LogP contribution in [0.25, 0.3) is 16.6 Å². The first-order valence-corrected chi connectivity index (χ1v) is 7.59. The topological polar surface area (TPSA) is 30.7 Å². The molecule has 0 radical (unpaired) electrons. The fourth-order valence-electron chi connectivity index (χ4n) is 2.69. The van der Waals surface area contributed by atoms with Crippen molar-refractivity contribution in [1.82, 2.24) is 4.40 Å². The second-order valence-corrected chi connectivity index (χ2v) is 5.20. The highest BCUT2D eigenvalue weighted by atomic mass is 16.5. The van der Waals surface area contributed by atoms with Gasteiger partial charge >= 0.3 is 0 Å². The number of fused-ring (bicyclic) bond motifs is 1. The molecule has 0 fully saturated rings. The summed E-state index contributed by atoms with van der Waals surface area (Å²) in [5, 5.41) is 0. The summed E-state index contributed by atoms with van der Waals surface area (Å²) in [6.07, 6.45) is 3.92. The fraction of sp³-hybridized carbons (Fsp3) is 0.211. The summed E-state index contributed by atoms with van der Waals surface area (Å²) in [4.78, 5) is 11.6. The Hall–Kier alpha value is -2.55. The molecule has 0 saturated heterocycles. The van der Waals surface area contributed by atoms with E-state index in [4.69, 9.17) is 4.74 Å². The van der Waals surface area contributed by atoms with Crippen molar-refractivity contribution in [2.24, 2.45) is 0 Å². The van der Waals surface area contributed by atoms with E-state index in [0.29, 0.717) is 12.3 Å². The van der Waals surface area contributed by atoms with Gasteiger partial charge in [-0.25, -0.2) is 0 Å². The smallest absolute Gasteiger partial charge is 0.167 e. The van der Waals surface area contributed by atoms with Crippen LogP contribution in [0.4, 0.5) is 0 Å². The maximum absolute atomic E-state index is 11.6. The SMILES string of the molecule is CCOc1ccc(-c2cc3ccc(CC)cn3c2C=O)cc1. The highest BCUT2D eigenvalue weighted by Gasteiger charge is 2.11. The third-order valence-electron chi connectivity index (χ3n) is 3.87. The van der Waals surface area contributed by atoms with Crippen LogP contribution >= 0.6 is 0 Å². The number of benzene rings is 1. The van der Waals surface area contributed by atoms with Gasteiger partial charge in [0.05, 0.1) is 12.3 Å². The van der Waals surface area contributed by atoms with Crippen molar-refractivity contribution in [3.63, 3.8) is 0 Å². The molecule has 0 amide bonds. The number of ether oxygens (including phenoxy) is 1. The molecule has 3 rings (SSSR count). The molecular weight excluding hydrogens is 274 g/mol. The third kappa shape index (κ3) is 2.50. The molecule has 22 heavy (non-hydrogen) atoms. The standard InChI is InChI=1S/C19H19NO2/c1-3-14-5-8-16-11-18(19(13-21)20(16)12-14)15-6-9-17(10-7-15)22-4-2/h5-13H,3-4H2,1-2H3. The number of hydrogen-bond acceptors (Lipinski definition) is 2. The molecule has 3 aromatic rings. The first kappa shape index (κ1) is 14.4. The molecule has 2 heterocycles. The molecule has 0 unspecified atom stereocenters. The van der Waals surface area contributed by atoms with Crippen LogP contribution < -0.4 is 4.74 Å². The monoisotopic (exact) mass is 293 g/mol. The summed E-state index contributed by atoms with van der Waals surface area (Å²) in [5.74, 6) is 0.843. The molecular formula is C19H19NO2. The van der Waals surface area contributed by atoms with Gasteiger partial charge in [0.15, 0.2) is 6.29 Å². The van der Waals surface area contributed by atoms with Gasteiger partial charge in [0.1, 0.15) is 5.75 Å². The van der Waals surface area contributed by atoms with Crippen LogP contribution in [-0.4, -0.2) is 17.3 Å². The number of carbonyl (C=O) groups is 1. The quantitative estimate of drug-likeness (QED) is 0.654. The summed E-state index contributed by atoms with van der Waals surface area (Å²) in [7, 11) is 0. The van der Waals surface area contributed by atoms with Gasteiger partial charge in [-0.05, 0) is 48.7 Å². The number of hydrogen-bond donors (Lipinski definition) is 0. The van der Waals surface area contributed by atoms with Crippen LogP contribution in [0.2, 0.25) is 0 Å². The number of aldehydes is 1. The Morgan fingerprint density at radius 2 is 1.86 bits per heavy atom. The van der Waals surface area contributed by atoms with Crippen LogP contribution in [0.3, 0.4) is 0 Å². The highest BCUT2D eigenvalue weighted by molar-refractivity contribution is 5.90. The Kier molecular flexibility index (Phi) is 3.96. The average molecular weight is 293 g/mol. The van der Waals surface area contributed by atoms with Crippen molar-refractivity contribution >= 4 is 11.8 Å². The Labute approximate surface area is 130 Å². The minimum absolute atomic E-state index is 0.648. The van der Waals surface area contributed by atoms with Gasteiger partial charge < -0.3 is 9.14 Å². The maximum atomic E-state index is 11.6. The van der Waals surface area contributed by atoms with E-state index in [1.54, 1.807) is 0 Å². The van der Waals surface area contributed by atoms with Gasteiger partial charge in [-0.15, -0.1) is 0 Å². The van der Waals surface area contributed by atoms with E-state index < -0.39 is 0 Å². The number of aromatic nitrogens is 1. The van der Waals surface area contributed by atoms with Gasteiger partial charge in [-0.1, -0.05) is 25.1 Å². The minimum Gasteiger partial charge on any atom is -0.494 e. The Balaban J connectivity index is 2.11.